The Balaban J connectivity index is 1.55. The average molecular weight is 410 g/mol. The highest BCUT2D eigenvalue weighted by Gasteiger charge is 2.22. The molecule has 8 heteroatoms. The molecule has 0 spiro atoms. The van der Waals surface area contributed by atoms with Crippen LogP contribution in [0, 0.1) is 0 Å². The zero-order valence-corrected chi connectivity index (χ0v) is 16.1. The van der Waals surface area contributed by atoms with Crippen LogP contribution in [0.4, 0.5) is 5.69 Å². The van der Waals surface area contributed by atoms with E-state index in [1.54, 1.807) is 0 Å². The SMILES string of the molecule is Nc1cc(O)c(C(=O)NCC2CN(Cc3cccc(Cl)c3)CCO2)cc1Cl. The highest BCUT2D eigenvalue weighted by atomic mass is 35.5. The van der Waals surface area contributed by atoms with Gasteiger partial charge >= 0.3 is 0 Å². The molecule has 2 aromatic rings. The molecule has 2 aromatic carbocycles. The van der Waals surface area contributed by atoms with Gasteiger partial charge in [-0.25, -0.2) is 0 Å². The third kappa shape index (κ3) is 5.26. The number of nitrogens with one attached hydrogen (secondary N) is 1. The Morgan fingerprint density at radius 2 is 2.15 bits per heavy atom. The number of nitrogens with two attached hydrogens (primary N) is 1. The summed E-state index contributed by atoms with van der Waals surface area (Å²) < 4.78 is 5.74. The molecule has 4 N–H and O–H groups in total. The van der Waals surface area contributed by atoms with E-state index in [0.717, 1.165) is 18.7 Å². The second kappa shape index (κ2) is 8.80. The van der Waals surface area contributed by atoms with Crippen LogP contribution in [0.5, 0.6) is 5.75 Å². The molecule has 0 saturated carbocycles. The van der Waals surface area contributed by atoms with Gasteiger partial charge < -0.3 is 20.9 Å². The van der Waals surface area contributed by atoms with Gasteiger partial charge in [0.25, 0.3) is 5.91 Å². The number of anilines is 1. The molecule has 0 bridgehead atoms. The molecule has 1 aliphatic rings. The van der Waals surface area contributed by atoms with Gasteiger partial charge in [0, 0.05) is 37.3 Å². The molecule has 0 aromatic heterocycles. The number of hydrogen-bond donors (Lipinski definition) is 3. The minimum atomic E-state index is -0.426. The summed E-state index contributed by atoms with van der Waals surface area (Å²) in [7, 11) is 0. The van der Waals surface area contributed by atoms with Crippen molar-refractivity contribution in [1.82, 2.24) is 10.2 Å². The van der Waals surface area contributed by atoms with Gasteiger partial charge in [0.15, 0.2) is 0 Å². The van der Waals surface area contributed by atoms with Crippen LogP contribution in [0.2, 0.25) is 10.0 Å². The van der Waals surface area contributed by atoms with Crippen LogP contribution in [0.15, 0.2) is 36.4 Å². The molecule has 1 atom stereocenters. The molecule has 1 saturated heterocycles. The fourth-order valence-electron chi connectivity index (χ4n) is 3.00. The minimum Gasteiger partial charge on any atom is -0.507 e. The number of ether oxygens (including phenoxy) is 1. The average Bonchev–Trinajstić information content (AvgIpc) is 2.63. The van der Waals surface area contributed by atoms with Crippen LogP contribution in [-0.2, 0) is 11.3 Å². The van der Waals surface area contributed by atoms with Crippen LogP contribution < -0.4 is 11.1 Å². The second-order valence-electron chi connectivity index (χ2n) is 6.46. The molecular weight excluding hydrogens is 389 g/mol. The smallest absolute Gasteiger partial charge is 0.255 e. The highest BCUT2D eigenvalue weighted by molar-refractivity contribution is 6.33. The zero-order chi connectivity index (χ0) is 19.4. The van der Waals surface area contributed by atoms with Crippen LogP contribution in [0.25, 0.3) is 0 Å². The number of benzene rings is 2. The predicted octanol–water partition coefficient (Wildman–Crippen LogP) is 2.91. The lowest BCUT2D eigenvalue weighted by Crippen LogP contribution is -2.47. The summed E-state index contributed by atoms with van der Waals surface area (Å²) in [6.07, 6.45) is -0.145. The number of nitrogens with zero attached hydrogens (tertiary/aromatic N) is 1. The first kappa shape index (κ1) is 19.8. The van der Waals surface area contributed by atoms with Gasteiger partial charge in [-0.15, -0.1) is 0 Å². The molecule has 6 nitrogen and oxygen atoms in total. The van der Waals surface area contributed by atoms with Crippen molar-refractivity contribution in [3.63, 3.8) is 0 Å². The van der Waals surface area contributed by atoms with Crippen molar-refractivity contribution in [2.45, 2.75) is 12.6 Å². The normalized spacial score (nSPS) is 17.6. The second-order valence-corrected chi connectivity index (χ2v) is 7.30. The minimum absolute atomic E-state index is 0.0841. The monoisotopic (exact) mass is 409 g/mol. The van der Waals surface area contributed by atoms with Crippen LogP contribution in [0.1, 0.15) is 15.9 Å². The number of rotatable bonds is 5. The molecule has 0 aliphatic carbocycles. The summed E-state index contributed by atoms with van der Waals surface area (Å²) in [5.41, 5.74) is 7.05. The number of morpholine rings is 1. The number of aromatic hydroxyl groups is 1. The maximum atomic E-state index is 12.3. The maximum Gasteiger partial charge on any atom is 0.255 e. The number of halogens is 2. The predicted molar refractivity (Wildman–Crippen MR) is 106 cm³/mol. The molecule has 1 aliphatic heterocycles. The summed E-state index contributed by atoms with van der Waals surface area (Å²) >= 11 is 12.0. The lowest BCUT2D eigenvalue weighted by molar-refractivity contribution is -0.0292. The third-order valence-electron chi connectivity index (χ3n) is 4.37. The Bertz CT molecular complexity index is 832. The van der Waals surface area contributed by atoms with Crippen molar-refractivity contribution >= 4 is 34.8 Å². The number of phenolic OH excluding ortho intramolecular Hbond substituents is 1. The Morgan fingerprint density at radius 3 is 2.93 bits per heavy atom. The first-order valence-corrected chi connectivity index (χ1v) is 9.32. The third-order valence-corrected chi connectivity index (χ3v) is 4.93. The van der Waals surface area contributed by atoms with Gasteiger partial charge in [-0.2, -0.15) is 0 Å². The van der Waals surface area contributed by atoms with E-state index in [4.69, 9.17) is 33.7 Å². The van der Waals surface area contributed by atoms with Crippen molar-refractivity contribution in [2.24, 2.45) is 0 Å². The molecule has 3 rings (SSSR count). The lowest BCUT2D eigenvalue weighted by Gasteiger charge is -2.33. The summed E-state index contributed by atoms with van der Waals surface area (Å²) in [5, 5.41) is 13.6. The largest absolute Gasteiger partial charge is 0.507 e. The Morgan fingerprint density at radius 1 is 1.33 bits per heavy atom. The van der Waals surface area contributed by atoms with Crippen LogP contribution in [0.3, 0.4) is 0 Å². The summed E-state index contributed by atoms with van der Waals surface area (Å²) in [6.45, 7) is 3.17. The van der Waals surface area contributed by atoms with Gasteiger partial charge in [-0.3, -0.25) is 9.69 Å². The maximum absolute atomic E-state index is 12.3. The van der Waals surface area contributed by atoms with Gasteiger partial charge in [0.1, 0.15) is 5.75 Å². The van der Waals surface area contributed by atoms with Crippen LogP contribution >= 0.6 is 23.2 Å². The van der Waals surface area contributed by atoms with E-state index in [1.165, 1.54) is 12.1 Å². The Hall–Kier alpha value is -1.99. The lowest BCUT2D eigenvalue weighted by atomic mass is 10.1. The van der Waals surface area contributed by atoms with E-state index >= 15 is 0 Å². The quantitative estimate of drug-likeness (QED) is 0.660. The number of carbonyl (C=O) groups is 1. The van der Waals surface area contributed by atoms with Gasteiger partial charge in [-0.05, 0) is 23.8 Å². The molecule has 27 heavy (non-hydrogen) atoms. The van der Waals surface area contributed by atoms with Crippen molar-refractivity contribution in [3.05, 3.63) is 57.6 Å². The fraction of sp³-hybridized carbons (Fsp3) is 0.316. The standard InChI is InChI=1S/C19H21Cl2N3O3/c20-13-3-1-2-12(6-13)10-24-4-5-27-14(11-24)9-23-19(26)15-7-16(21)17(22)8-18(15)25/h1-3,6-8,14,25H,4-5,9-11,22H2,(H,23,26). The molecule has 144 valence electrons. The van der Waals surface area contributed by atoms with Crippen molar-refractivity contribution in [2.75, 3.05) is 32.0 Å². The summed E-state index contributed by atoms with van der Waals surface area (Å²) in [4.78, 5) is 14.6. The van der Waals surface area contributed by atoms with E-state index < -0.39 is 5.91 Å². The van der Waals surface area contributed by atoms with Crippen molar-refractivity contribution < 1.29 is 14.6 Å². The van der Waals surface area contributed by atoms with E-state index in [-0.39, 0.29) is 28.1 Å². The van der Waals surface area contributed by atoms with Crippen molar-refractivity contribution in [1.29, 1.82) is 0 Å². The molecule has 1 fully saturated rings. The Kier molecular flexibility index (Phi) is 6.44. The summed E-state index contributed by atoms with van der Waals surface area (Å²) in [6, 6.07) is 10.4. The highest BCUT2D eigenvalue weighted by Crippen LogP contribution is 2.27. The zero-order valence-electron chi connectivity index (χ0n) is 14.6. The molecular formula is C19H21Cl2N3O3. The van der Waals surface area contributed by atoms with Gasteiger partial charge in [0.05, 0.1) is 29.0 Å². The molecule has 1 amide bonds. The van der Waals surface area contributed by atoms with E-state index in [9.17, 15) is 9.90 Å². The number of amides is 1. The molecule has 1 unspecified atom stereocenters. The van der Waals surface area contributed by atoms with Gasteiger partial charge in [-0.1, -0.05) is 35.3 Å². The number of hydrogen-bond acceptors (Lipinski definition) is 5. The first-order chi connectivity index (χ1) is 12.9. The first-order valence-electron chi connectivity index (χ1n) is 8.57. The van der Waals surface area contributed by atoms with Crippen LogP contribution in [-0.4, -0.2) is 48.3 Å². The number of phenols is 1. The number of carbonyl (C=O) groups excluding carboxylic acids is 1. The topological polar surface area (TPSA) is 87.8 Å². The van der Waals surface area contributed by atoms with Gasteiger partial charge in [0.2, 0.25) is 0 Å². The van der Waals surface area contributed by atoms with E-state index in [1.807, 2.05) is 24.3 Å². The fourth-order valence-corrected chi connectivity index (χ4v) is 3.38. The Labute approximate surface area is 167 Å². The number of nitrogen functional groups attached to an aromatic ring is 1. The summed E-state index contributed by atoms with van der Waals surface area (Å²) in [5.74, 6) is -0.633. The molecule has 1 heterocycles. The van der Waals surface area contributed by atoms with Crippen molar-refractivity contribution in [3.8, 4) is 5.75 Å². The van der Waals surface area contributed by atoms with E-state index in [2.05, 4.69) is 10.2 Å². The van der Waals surface area contributed by atoms with E-state index in [0.29, 0.717) is 24.7 Å². The molecule has 0 radical (unpaired) electrons.